The Morgan fingerprint density at radius 2 is 0.512 bits per heavy atom. The molecule has 2 atom stereocenters. The summed E-state index contributed by atoms with van der Waals surface area (Å²) in [5.41, 5.74) is 0. The third-order valence-electron chi connectivity index (χ3n) is 10.0. The summed E-state index contributed by atoms with van der Waals surface area (Å²) in [6.07, 6.45) is 45.1. The zero-order valence-corrected chi connectivity index (χ0v) is 29.4. The van der Waals surface area contributed by atoms with Crippen LogP contribution in [0.25, 0.3) is 0 Å². The van der Waals surface area contributed by atoms with Gasteiger partial charge in [-0.3, -0.25) is 9.59 Å². The Morgan fingerprint density at radius 3 is 0.721 bits per heavy atom. The molecule has 0 amide bonds. The number of hydrogen-bond acceptors (Lipinski definition) is 3. The van der Waals surface area contributed by atoms with Gasteiger partial charge in [0.1, 0.15) is 0 Å². The minimum absolute atomic E-state index is 0.171. The molecule has 2 unspecified atom stereocenters. The van der Waals surface area contributed by atoms with Crippen molar-refractivity contribution in [1.82, 2.24) is 0 Å². The third-order valence-corrected chi connectivity index (χ3v) is 10.0. The number of rotatable bonds is 34. The van der Waals surface area contributed by atoms with E-state index in [-0.39, 0.29) is 23.8 Å². The van der Waals surface area contributed by atoms with E-state index >= 15 is 0 Å². The predicted molar refractivity (Wildman–Crippen MR) is 186 cm³/mol. The van der Waals surface area contributed by atoms with Crippen LogP contribution in [-0.2, 0) is 14.3 Å². The molecular formula is C40H76O3. The lowest BCUT2D eigenvalue weighted by atomic mass is 9.86. The molecule has 1 fully saturated rings. The zero-order valence-electron chi connectivity index (χ0n) is 29.4. The van der Waals surface area contributed by atoms with Crippen LogP contribution in [0.1, 0.15) is 232 Å². The molecular weight excluding hydrogens is 528 g/mol. The lowest BCUT2D eigenvalue weighted by Crippen LogP contribution is -2.18. The smallest absolute Gasteiger partial charge is 0.317 e. The first-order chi connectivity index (χ1) is 21.2. The van der Waals surface area contributed by atoms with E-state index in [2.05, 4.69) is 13.8 Å². The van der Waals surface area contributed by atoms with Crippen molar-refractivity contribution in [2.45, 2.75) is 232 Å². The van der Waals surface area contributed by atoms with E-state index in [0.717, 1.165) is 25.7 Å². The van der Waals surface area contributed by atoms with Crippen molar-refractivity contribution in [1.29, 1.82) is 0 Å². The molecule has 0 N–H and O–H groups in total. The highest BCUT2D eigenvalue weighted by Crippen LogP contribution is 2.32. The molecule has 3 nitrogen and oxygen atoms in total. The fraction of sp³-hybridized carbons (Fsp3) is 0.950. The van der Waals surface area contributed by atoms with Gasteiger partial charge in [-0.05, 0) is 12.8 Å². The van der Waals surface area contributed by atoms with Gasteiger partial charge < -0.3 is 4.74 Å². The molecule has 0 radical (unpaired) electrons. The summed E-state index contributed by atoms with van der Waals surface area (Å²) in [5, 5.41) is 0. The van der Waals surface area contributed by atoms with Gasteiger partial charge in [0, 0.05) is 0 Å². The van der Waals surface area contributed by atoms with Crippen molar-refractivity contribution in [3.05, 3.63) is 0 Å². The summed E-state index contributed by atoms with van der Waals surface area (Å²) in [6.45, 7) is 4.57. The van der Waals surface area contributed by atoms with E-state index in [9.17, 15) is 9.59 Å². The SMILES string of the molecule is CCCCCCCCCCCCCCCCCCC1C(=O)OC(=O)C1CCCCCCCCCCCCCCCCCC. The first-order valence-electron chi connectivity index (χ1n) is 20.0. The van der Waals surface area contributed by atoms with Gasteiger partial charge in [-0.25, -0.2) is 0 Å². The van der Waals surface area contributed by atoms with Gasteiger partial charge in [0.25, 0.3) is 0 Å². The summed E-state index contributed by atoms with van der Waals surface area (Å²) >= 11 is 0. The minimum Gasteiger partial charge on any atom is -0.393 e. The van der Waals surface area contributed by atoms with Crippen molar-refractivity contribution < 1.29 is 14.3 Å². The quantitative estimate of drug-likeness (QED) is 0.0417. The Kier molecular flexibility index (Phi) is 29.1. The normalized spacial score (nSPS) is 16.8. The van der Waals surface area contributed by atoms with Crippen LogP contribution in [0.15, 0.2) is 0 Å². The highest BCUT2D eigenvalue weighted by molar-refractivity contribution is 5.96. The maximum absolute atomic E-state index is 12.3. The maximum atomic E-state index is 12.3. The first-order valence-corrected chi connectivity index (χ1v) is 20.0. The fourth-order valence-corrected chi connectivity index (χ4v) is 7.04. The molecule has 254 valence electrons. The standard InChI is InChI=1S/C40H76O3/c1-3-5-7-9-11-13-15-17-19-21-23-25-27-29-31-33-35-37-38(40(42)43-39(37)41)36-34-32-30-28-26-24-22-20-18-16-14-12-10-8-6-4-2/h37-38H,3-36H2,1-2H3. The molecule has 0 bridgehead atoms. The summed E-state index contributed by atoms with van der Waals surface area (Å²) in [4.78, 5) is 24.6. The molecule has 3 heteroatoms. The van der Waals surface area contributed by atoms with Crippen LogP contribution >= 0.6 is 0 Å². The van der Waals surface area contributed by atoms with Gasteiger partial charge in [0.05, 0.1) is 11.8 Å². The topological polar surface area (TPSA) is 43.4 Å². The van der Waals surface area contributed by atoms with Crippen LogP contribution in [0.4, 0.5) is 0 Å². The molecule has 0 aromatic rings. The highest BCUT2D eigenvalue weighted by atomic mass is 16.6. The summed E-state index contributed by atoms with van der Waals surface area (Å²) in [7, 11) is 0. The van der Waals surface area contributed by atoms with Crippen molar-refractivity contribution in [2.75, 3.05) is 0 Å². The van der Waals surface area contributed by atoms with E-state index in [1.54, 1.807) is 0 Å². The summed E-state index contributed by atoms with van der Waals surface area (Å²) < 4.78 is 5.07. The van der Waals surface area contributed by atoms with Gasteiger partial charge in [0.2, 0.25) is 0 Å². The monoisotopic (exact) mass is 605 g/mol. The largest absolute Gasteiger partial charge is 0.393 e. The number of carbonyl (C=O) groups excluding carboxylic acids is 2. The van der Waals surface area contributed by atoms with Crippen molar-refractivity contribution in [3.63, 3.8) is 0 Å². The number of hydrogen-bond donors (Lipinski definition) is 0. The fourth-order valence-electron chi connectivity index (χ4n) is 7.04. The Balaban J connectivity index is 1.91. The Morgan fingerprint density at radius 1 is 0.326 bits per heavy atom. The van der Waals surface area contributed by atoms with Crippen LogP contribution in [0.5, 0.6) is 0 Å². The van der Waals surface area contributed by atoms with Crippen LogP contribution in [0.3, 0.4) is 0 Å². The van der Waals surface area contributed by atoms with Gasteiger partial charge in [-0.15, -0.1) is 0 Å². The molecule has 1 heterocycles. The summed E-state index contributed by atoms with van der Waals surface area (Å²) in [5.74, 6) is -0.828. The van der Waals surface area contributed by atoms with Crippen molar-refractivity contribution in [3.8, 4) is 0 Å². The second-order valence-corrected chi connectivity index (χ2v) is 14.1. The molecule has 0 aliphatic carbocycles. The van der Waals surface area contributed by atoms with Crippen LogP contribution in [-0.4, -0.2) is 11.9 Å². The Hall–Kier alpha value is -0.860. The van der Waals surface area contributed by atoms with Gasteiger partial charge >= 0.3 is 11.9 Å². The average Bonchev–Trinajstić information content (AvgIpc) is 3.27. The Bertz CT molecular complexity index is 563. The van der Waals surface area contributed by atoms with E-state index < -0.39 is 0 Å². The lowest BCUT2D eigenvalue weighted by molar-refractivity contribution is -0.153. The molecule has 43 heavy (non-hydrogen) atoms. The van der Waals surface area contributed by atoms with Gasteiger partial charge in [-0.1, -0.05) is 219 Å². The van der Waals surface area contributed by atoms with Crippen LogP contribution in [0, 0.1) is 11.8 Å². The molecule has 1 aliphatic rings. The minimum atomic E-state index is -0.243. The van der Waals surface area contributed by atoms with E-state index in [1.807, 2.05) is 0 Å². The number of ether oxygens (including phenoxy) is 1. The van der Waals surface area contributed by atoms with E-state index in [0.29, 0.717) is 0 Å². The number of unbranched alkanes of at least 4 members (excludes halogenated alkanes) is 30. The molecule has 0 aromatic carbocycles. The molecule has 0 spiro atoms. The Labute approximate surface area is 269 Å². The molecule has 1 aliphatic heterocycles. The van der Waals surface area contributed by atoms with Gasteiger partial charge in [-0.2, -0.15) is 0 Å². The molecule has 0 aromatic heterocycles. The lowest BCUT2D eigenvalue weighted by Gasteiger charge is -2.13. The zero-order chi connectivity index (χ0) is 31.1. The van der Waals surface area contributed by atoms with Crippen LogP contribution in [0.2, 0.25) is 0 Å². The first kappa shape index (κ1) is 40.2. The highest BCUT2D eigenvalue weighted by Gasteiger charge is 2.42. The number of esters is 2. The van der Waals surface area contributed by atoms with E-state index in [1.165, 1.54) is 193 Å². The number of cyclic esters (lactones) is 2. The second-order valence-electron chi connectivity index (χ2n) is 14.1. The van der Waals surface area contributed by atoms with Crippen LogP contribution < -0.4 is 0 Å². The van der Waals surface area contributed by atoms with Crippen molar-refractivity contribution in [2.24, 2.45) is 11.8 Å². The molecule has 1 rings (SSSR count). The second kappa shape index (κ2) is 31.1. The van der Waals surface area contributed by atoms with Gasteiger partial charge in [0.15, 0.2) is 0 Å². The third kappa shape index (κ3) is 24.1. The molecule has 1 saturated heterocycles. The predicted octanol–water partition coefficient (Wildman–Crippen LogP) is 13.6. The molecule has 0 saturated carbocycles. The number of carbonyl (C=O) groups is 2. The van der Waals surface area contributed by atoms with E-state index in [4.69, 9.17) is 4.74 Å². The maximum Gasteiger partial charge on any atom is 0.317 e. The average molecular weight is 605 g/mol. The van der Waals surface area contributed by atoms with Crippen molar-refractivity contribution >= 4 is 11.9 Å². The summed E-state index contributed by atoms with van der Waals surface area (Å²) in [6, 6.07) is 0.